The molecule has 0 saturated carbocycles. The third kappa shape index (κ3) is 14.9. The summed E-state index contributed by atoms with van der Waals surface area (Å²) in [7, 11) is 1.58. The largest absolute Gasteiger partial charge is 0.359 e. The average Bonchev–Trinajstić information content (AvgIpc) is 3.17. The van der Waals surface area contributed by atoms with Crippen LogP contribution in [0.2, 0.25) is 0 Å². The second-order valence-electron chi connectivity index (χ2n) is 5.94. The first kappa shape index (κ1) is 29.1. The van der Waals surface area contributed by atoms with Crippen LogP contribution in [0, 0.1) is 33.1 Å². The van der Waals surface area contributed by atoms with Crippen LogP contribution in [0.25, 0.3) is 0 Å². The van der Waals surface area contributed by atoms with Crippen molar-refractivity contribution < 1.29 is 9.32 Å². The predicted molar refractivity (Wildman–Crippen MR) is 128 cm³/mol. The molecule has 0 fully saturated rings. The van der Waals surface area contributed by atoms with Gasteiger partial charge in [0.05, 0.1) is 12.2 Å². The Morgan fingerprint density at radius 2 is 1.80 bits per heavy atom. The lowest BCUT2D eigenvalue weighted by molar-refractivity contribution is -0.115. The Hall–Kier alpha value is -3.13. The van der Waals surface area contributed by atoms with Gasteiger partial charge in [0, 0.05) is 19.5 Å². The van der Waals surface area contributed by atoms with Gasteiger partial charge in [-0.3, -0.25) is 9.79 Å². The first-order valence-corrected chi connectivity index (χ1v) is 10.1. The monoisotopic (exact) mass is 411 g/mol. The van der Waals surface area contributed by atoms with Crippen molar-refractivity contribution in [1.29, 1.82) is 0 Å². The molecule has 5 nitrogen and oxygen atoms in total. The number of terminal acetylenes is 1. The molecule has 0 aliphatic heterocycles. The van der Waals surface area contributed by atoms with Crippen molar-refractivity contribution in [2.75, 3.05) is 7.05 Å². The lowest BCUT2D eigenvalue weighted by Crippen LogP contribution is -2.29. The highest BCUT2D eigenvalue weighted by Gasteiger charge is 2.08. The molecule has 1 heterocycles. The van der Waals surface area contributed by atoms with E-state index in [1.807, 2.05) is 34.6 Å². The van der Waals surface area contributed by atoms with Crippen LogP contribution in [-0.4, -0.2) is 23.8 Å². The van der Waals surface area contributed by atoms with E-state index in [2.05, 4.69) is 59.5 Å². The van der Waals surface area contributed by atoms with Crippen LogP contribution in [0.15, 0.2) is 52.0 Å². The van der Waals surface area contributed by atoms with Crippen molar-refractivity contribution in [2.24, 2.45) is 4.99 Å². The van der Waals surface area contributed by atoms with E-state index in [1.54, 1.807) is 25.3 Å². The standard InChI is InChI=1S/C11H15N3O2.C8H10.C4H6.C2H6/c1-4-5-10(12-3)11(15)13-7-9-6-8(2)14-16-9;1-7-4-3-5-8(2)6-7;1-3-4-2;1-2/h4-6H,7H2,1-3H3,(H,13,15);3-6H,1-2H3;1H,4H2,2H3;1-2H3/b5-4-,12-10?;;;. The van der Waals surface area contributed by atoms with Crippen molar-refractivity contribution in [2.45, 2.75) is 61.4 Å². The second-order valence-corrected chi connectivity index (χ2v) is 5.94. The Balaban J connectivity index is 0. The first-order valence-electron chi connectivity index (χ1n) is 10.1. The summed E-state index contributed by atoms with van der Waals surface area (Å²) in [5, 5.41) is 6.42. The van der Waals surface area contributed by atoms with Crippen LogP contribution in [-0.2, 0) is 11.3 Å². The maximum Gasteiger partial charge on any atom is 0.269 e. The van der Waals surface area contributed by atoms with Gasteiger partial charge >= 0.3 is 0 Å². The average molecular weight is 412 g/mol. The first-order chi connectivity index (χ1) is 14.4. The number of amides is 1. The van der Waals surface area contributed by atoms with Crippen molar-refractivity contribution in [3.8, 4) is 12.3 Å². The number of aryl methyl sites for hydroxylation is 3. The van der Waals surface area contributed by atoms with Crippen LogP contribution in [0.5, 0.6) is 0 Å². The highest BCUT2D eigenvalue weighted by molar-refractivity contribution is 6.43. The summed E-state index contributed by atoms with van der Waals surface area (Å²) in [5.74, 6) is 2.83. The molecule has 0 aliphatic carbocycles. The number of aromatic nitrogens is 1. The lowest BCUT2D eigenvalue weighted by Gasteiger charge is -2.01. The van der Waals surface area contributed by atoms with Gasteiger partial charge in [-0.1, -0.05) is 67.4 Å². The number of aliphatic imine (C=N–C) groups is 1. The number of nitrogens with zero attached hydrogens (tertiary/aromatic N) is 2. The minimum Gasteiger partial charge on any atom is -0.359 e. The quantitative estimate of drug-likeness (QED) is 0.525. The summed E-state index contributed by atoms with van der Waals surface area (Å²) in [4.78, 5) is 15.5. The summed E-state index contributed by atoms with van der Waals surface area (Å²) >= 11 is 0. The minimum absolute atomic E-state index is 0.227. The summed E-state index contributed by atoms with van der Waals surface area (Å²) in [6.45, 7) is 14.1. The van der Waals surface area contributed by atoms with E-state index < -0.39 is 0 Å². The molecule has 0 radical (unpaired) electrons. The van der Waals surface area contributed by atoms with E-state index in [9.17, 15) is 4.79 Å². The molecular weight excluding hydrogens is 374 g/mol. The normalized spacial score (nSPS) is 9.77. The van der Waals surface area contributed by atoms with Gasteiger partial charge in [0.15, 0.2) is 5.76 Å². The van der Waals surface area contributed by atoms with Gasteiger partial charge in [0.1, 0.15) is 5.71 Å². The molecule has 164 valence electrons. The molecule has 0 unspecified atom stereocenters. The van der Waals surface area contributed by atoms with Crippen LogP contribution >= 0.6 is 0 Å². The Morgan fingerprint density at radius 3 is 2.13 bits per heavy atom. The topological polar surface area (TPSA) is 67.5 Å². The number of nitrogens with one attached hydrogen (secondary N) is 1. The zero-order valence-corrected chi connectivity index (χ0v) is 19.7. The molecule has 2 aromatic rings. The van der Waals surface area contributed by atoms with Gasteiger partial charge in [-0.25, -0.2) is 0 Å². The van der Waals surface area contributed by atoms with E-state index in [0.29, 0.717) is 18.0 Å². The molecule has 0 bridgehead atoms. The van der Waals surface area contributed by atoms with E-state index >= 15 is 0 Å². The van der Waals surface area contributed by atoms with Crippen molar-refractivity contribution in [3.63, 3.8) is 0 Å². The maximum absolute atomic E-state index is 11.6. The van der Waals surface area contributed by atoms with E-state index in [4.69, 9.17) is 10.9 Å². The Bertz CT molecular complexity index is 795. The van der Waals surface area contributed by atoms with E-state index in [1.165, 1.54) is 11.1 Å². The van der Waals surface area contributed by atoms with E-state index in [-0.39, 0.29) is 5.91 Å². The number of allylic oxidation sites excluding steroid dienone is 1. The van der Waals surface area contributed by atoms with Gasteiger partial charge in [-0.15, -0.1) is 12.3 Å². The van der Waals surface area contributed by atoms with E-state index in [0.717, 1.165) is 12.1 Å². The SMILES string of the molecule is C#CCC.C/C=C\C(=NC)C(=O)NCc1cc(C)no1.CC.Cc1cccc(C)c1. The fourth-order valence-electron chi connectivity index (χ4n) is 1.97. The minimum atomic E-state index is -0.227. The van der Waals surface area contributed by atoms with Gasteiger partial charge in [-0.05, 0) is 33.8 Å². The smallest absolute Gasteiger partial charge is 0.269 e. The molecule has 0 aliphatic rings. The van der Waals surface area contributed by atoms with Crippen molar-refractivity contribution in [3.05, 3.63) is 65.1 Å². The Kier molecular flexibility index (Phi) is 18.6. The number of rotatable bonds is 4. The van der Waals surface area contributed by atoms with Crippen LogP contribution in [0.3, 0.4) is 0 Å². The Labute approximate surface area is 182 Å². The molecule has 2 rings (SSSR count). The molecular formula is C25H37N3O2. The van der Waals surface area contributed by atoms with Gasteiger partial charge < -0.3 is 9.84 Å². The zero-order valence-electron chi connectivity index (χ0n) is 19.7. The second kappa shape index (κ2) is 19.2. The molecule has 1 aromatic heterocycles. The Morgan fingerprint density at radius 1 is 1.23 bits per heavy atom. The maximum atomic E-state index is 11.6. The molecule has 0 saturated heterocycles. The van der Waals surface area contributed by atoms with Crippen molar-refractivity contribution in [1.82, 2.24) is 10.5 Å². The summed E-state index contributed by atoms with van der Waals surface area (Å²) < 4.78 is 4.97. The summed E-state index contributed by atoms with van der Waals surface area (Å²) in [5.41, 5.74) is 3.86. The zero-order chi connectivity index (χ0) is 23.4. The number of hydrogen-bond donors (Lipinski definition) is 1. The number of hydrogen-bond acceptors (Lipinski definition) is 4. The van der Waals surface area contributed by atoms with Gasteiger partial charge in [-0.2, -0.15) is 0 Å². The summed E-state index contributed by atoms with van der Waals surface area (Å²) in [6, 6.07) is 10.2. The number of carbonyl (C=O) groups excluding carboxylic acids is 1. The molecule has 0 spiro atoms. The molecule has 1 aromatic carbocycles. The third-order valence-corrected chi connectivity index (χ3v) is 3.28. The fraction of sp³-hybridized carbons (Fsp3) is 0.400. The van der Waals surface area contributed by atoms with Crippen molar-refractivity contribution >= 4 is 11.6 Å². The number of benzene rings is 1. The summed E-state index contributed by atoms with van der Waals surface area (Å²) in [6.07, 6.45) is 9.04. The molecule has 1 amide bonds. The predicted octanol–water partition coefficient (Wildman–Crippen LogP) is 5.61. The highest BCUT2D eigenvalue weighted by atomic mass is 16.5. The van der Waals surface area contributed by atoms with Crippen LogP contribution in [0.1, 0.15) is 56.7 Å². The fourth-order valence-corrected chi connectivity index (χ4v) is 1.97. The van der Waals surface area contributed by atoms with Crippen LogP contribution in [0.4, 0.5) is 0 Å². The molecule has 30 heavy (non-hydrogen) atoms. The number of carbonyl (C=O) groups is 1. The molecule has 0 atom stereocenters. The highest BCUT2D eigenvalue weighted by Crippen LogP contribution is 2.01. The third-order valence-electron chi connectivity index (χ3n) is 3.28. The lowest BCUT2D eigenvalue weighted by atomic mass is 10.2. The van der Waals surface area contributed by atoms with Crippen LogP contribution < -0.4 is 5.32 Å². The van der Waals surface area contributed by atoms with Gasteiger partial charge in [0.2, 0.25) is 0 Å². The molecule has 1 N–H and O–H groups in total. The van der Waals surface area contributed by atoms with Gasteiger partial charge in [0.25, 0.3) is 5.91 Å². The molecule has 5 heteroatoms.